The number of halogens is 5. The lowest BCUT2D eigenvalue weighted by Crippen LogP contribution is -2.29. The number of thiol groups is 1. The van der Waals surface area contributed by atoms with Crippen LogP contribution in [0.25, 0.3) is 22.7 Å². The Labute approximate surface area is 348 Å². The SMILES string of the molecule is C1COC1.C=Cc1cc(NC)ccc1NC.CC.CC(F)(F)F.O=Cc1ccc2c(c1)nc(CN1CC=C(c3cccc(OCc4ccc(Cl)cc4F)n3)CC1)n2S. The van der Waals surface area contributed by atoms with Gasteiger partial charge in [0.2, 0.25) is 5.88 Å². The largest absolute Gasteiger partial charge is 0.473 e. The number of hydrogen-bond acceptors (Lipinski definition) is 9. The van der Waals surface area contributed by atoms with Crippen molar-refractivity contribution in [2.45, 2.75) is 52.9 Å². The van der Waals surface area contributed by atoms with Crippen molar-refractivity contribution in [2.24, 2.45) is 0 Å². The molecule has 2 aliphatic heterocycles. The van der Waals surface area contributed by atoms with E-state index in [0.29, 0.717) is 28.6 Å². The summed E-state index contributed by atoms with van der Waals surface area (Å²) in [5.41, 5.74) is 7.96. The Morgan fingerprint density at radius 1 is 1.02 bits per heavy atom. The van der Waals surface area contributed by atoms with Crippen LogP contribution in [-0.2, 0) is 17.9 Å². The number of fused-ring (bicyclic) bond motifs is 1. The molecule has 0 atom stereocenters. The van der Waals surface area contributed by atoms with Gasteiger partial charge < -0.3 is 20.1 Å². The van der Waals surface area contributed by atoms with Crippen LogP contribution in [-0.4, -0.2) is 71.7 Å². The number of anilines is 2. The molecule has 7 rings (SSSR count). The van der Waals surface area contributed by atoms with E-state index in [4.69, 9.17) is 21.1 Å². The molecular formula is C43H51ClF4N6O3S. The van der Waals surface area contributed by atoms with Gasteiger partial charge in [0, 0.05) is 80.9 Å². The van der Waals surface area contributed by atoms with Crippen LogP contribution >= 0.6 is 24.4 Å². The maximum absolute atomic E-state index is 14.0. The quantitative estimate of drug-likeness (QED) is 0.0727. The van der Waals surface area contributed by atoms with Crippen molar-refractivity contribution in [3.63, 3.8) is 0 Å². The highest BCUT2D eigenvalue weighted by Gasteiger charge is 2.18. The Morgan fingerprint density at radius 3 is 2.29 bits per heavy atom. The second-order valence-corrected chi connectivity index (χ2v) is 13.4. The molecule has 3 aromatic carbocycles. The van der Waals surface area contributed by atoms with Crippen molar-refractivity contribution < 1.29 is 31.8 Å². The number of carbonyl (C=O) groups is 1. The zero-order chi connectivity index (χ0) is 42.7. The Bertz CT molecular complexity index is 2100. The van der Waals surface area contributed by atoms with Gasteiger partial charge in [0.05, 0.1) is 23.3 Å². The van der Waals surface area contributed by atoms with Crippen LogP contribution in [0.5, 0.6) is 5.88 Å². The molecule has 2 aromatic heterocycles. The van der Waals surface area contributed by atoms with Crippen molar-refractivity contribution in [2.75, 3.05) is 51.0 Å². The van der Waals surface area contributed by atoms with E-state index < -0.39 is 12.0 Å². The molecule has 0 radical (unpaired) electrons. The molecule has 0 unspecified atom stereocenters. The van der Waals surface area contributed by atoms with Crippen molar-refractivity contribution in [3.05, 3.63) is 124 Å². The van der Waals surface area contributed by atoms with Gasteiger partial charge in [-0.1, -0.05) is 69.1 Å². The number of carbonyl (C=O) groups excluding carboxylic acids is 1. The van der Waals surface area contributed by atoms with Gasteiger partial charge in [0.1, 0.15) is 24.5 Å². The predicted molar refractivity (Wildman–Crippen MR) is 231 cm³/mol. The smallest absolute Gasteiger partial charge is 0.386 e. The van der Waals surface area contributed by atoms with Gasteiger partial charge in [0.15, 0.2) is 0 Å². The molecule has 5 aromatic rings. The number of benzene rings is 3. The van der Waals surface area contributed by atoms with Crippen LogP contribution in [0.15, 0.2) is 85.5 Å². The van der Waals surface area contributed by atoms with Crippen molar-refractivity contribution in [1.82, 2.24) is 18.8 Å². The van der Waals surface area contributed by atoms with Gasteiger partial charge in [-0.2, -0.15) is 13.2 Å². The monoisotopic (exact) mass is 842 g/mol. The highest BCUT2D eigenvalue weighted by molar-refractivity contribution is 7.78. The molecule has 0 aliphatic carbocycles. The third-order valence-corrected chi connectivity index (χ3v) is 9.05. The van der Waals surface area contributed by atoms with Gasteiger partial charge in [-0.05, 0) is 78.6 Å². The molecule has 0 bridgehead atoms. The minimum Gasteiger partial charge on any atom is -0.473 e. The normalized spacial score (nSPS) is 13.3. The summed E-state index contributed by atoms with van der Waals surface area (Å²) in [6.07, 6.45) is 2.92. The number of pyridine rings is 1. The van der Waals surface area contributed by atoms with E-state index in [2.05, 4.69) is 57.0 Å². The van der Waals surface area contributed by atoms with Crippen molar-refractivity contribution in [1.29, 1.82) is 0 Å². The van der Waals surface area contributed by atoms with Crippen LogP contribution in [0.2, 0.25) is 5.02 Å². The molecule has 312 valence electrons. The van der Waals surface area contributed by atoms with E-state index >= 15 is 0 Å². The number of nitrogens with zero attached hydrogens (tertiary/aromatic N) is 4. The Morgan fingerprint density at radius 2 is 1.72 bits per heavy atom. The second-order valence-electron chi connectivity index (χ2n) is 12.6. The van der Waals surface area contributed by atoms with E-state index in [-0.39, 0.29) is 13.5 Å². The summed E-state index contributed by atoms with van der Waals surface area (Å²) in [4.78, 5) is 22.6. The number of ether oxygens (including phenoxy) is 2. The predicted octanol–water partition coefficient (Wildman–Crippen LogP) is 11.0. The number of hydrogen-bond donors (Lipinski definition) is 3. The first-order chi connectivity index (χ1) is 27.8. The summed E-state index contributed by atoms with van der Waals surface area (Å²) in [6, 6.07) is 21.6. The average molecular weight is 843 g/mol. The summed E-state index contributed by atoms with van der Waals surface area (Å²) in [6.45, 7) is 12.2. The fraction of sp³-hybridized carbons (Fsp3) is 0.326. The van der Waals surface area contributed by atoms with E-state index in [1.807, 2.05) is 64.4 Å². The minimum atomic E-state index is -4.00. The van der Waals surface area contributed by atoms with E-state index in [0.717, 1.165) is 84.1 Å². The zero-order valence-corrected chi connectivity index (χ0v) is 35.0. The van der Waals surface area contributed by atoms with Crippen LogP contribution in [0.1, 0.15) is 66.6 Å². The van der Waals surface area contributed by atoms with E-state index in [9.17, 15) is 22.4 Å². The zero-order valence-electron chi connectivity index (χ0n) is 33.4. The molecule has 9 nitrogen and oxygen atoms in total. The number of aromatic nitrogens is 3. The molecule has 0 amide bonds. The van der Waals surface area contributed by atoms with E-state index in [1.165, 1.54) is 12.5 Å². The first kappa shape index (κ1) is 47.5. The first-order valence-corrected chi connectivity index (χ1v) is 19.5. The maximum Gasteiger partial charge on any atom is 0.386 e. The standard InChI is InChI=1S/C26H22ClFN4O2S.C10H14N2.C3H6O.C2H3F3.C2H6/c27-20-6-5-19(21(28)13-20)16-34-26-3-1-2-22(30-26)18-8-10-31(11-9-18)14-25-29-23-12-17(15-33)4-7-24(23)32(25)35;1-4-8-7-9(11-2)5-6-10(8)12-3;1-2-4-3-1;1-2(3,4)5;1-2/h1-8,12-13,15,35H,9-11,14,16H2;4-7,11-12H,1H2,2-3H3;1-3H2;1H3;1-2H3. The van der Waals surface area contributed by atoms with Crippen LogP contribution in [0, 0.1) is 5.82 Å². The summed E-state index contributed by atoms with van der Waals surface area (Å²) in [5.74, 6) is 0.868. The molecular weight excluding hydrogens is 792 g/mol. The van der Waals surface area contributed by atoms with Gasteiger partial charge in [-0.3, -0.25) is 13.7 Å². The number of aldehydes is 1. The number of imidazole rings is 1. The number of alkyl halides is 3. The van der Waals surface area contributed by atoms with Crippen molar-refractivity contribution >= 4 is 64.8 Å². The maximum atomic E-state index is 14.0. The van der Waals surface area contributed by atoms with Gasteiger partial charge >= 0.3 is 6.18 Å². The molecule has 4 heterocycles. The Balaban J connectivity index is 0.000000319. The molecule has 2 aliphatic rings. The lowest BCUT2D eigenvalue weighted by Gasteiger charge is -2.25. The number of nitrogens with one attached hydrogen (secondary N) is 2. The van der Waals surface area contributed by atoms with Gasteiger partial charge in [-0.15, -0.1) is 0 Å². The van der Waals surface area contributed by atoms with Gasteiger partial charge in [-0.25, -0.2) is 14.4 Å². The fourth-order valence-corrected chi connectivity index (χ4v) is 5.76. The molecule has 1 fully saturated rings. The van der Waals surface area contributed by atoms with Gasteiger partial charge in [0.25, 0.3) is 0 Å². The molecule has 0 spiro atoms. The van der Waals surface area contributed by atoms with Crippen molar-refractivity contribution in [3.8, 4) is 5.88 Å². The second kappa shape index (κ2) is 24.1. The summed E-state index contributed by atoms with van der Waals surface area (Å²) in [5, 5.41) is 6.53. The third-order valence-electron chi connectivity index (χ3n) is 8.37. The Hall–Kier alpha value is -4.89. The first-order valence-electron chi connectivity index (χ1n) is 18.7. The van der Waals surface area contributed by atoms with Crippen LogP contribution in [0.4, 0.5) is 28.9 Å². The summed E-state index contributed by atoms with van der Waals surface area (Å²) in [7, 11) is 3.81. The fourth-order valence-electron chi connectivity index (χ4n) is 5.32. The minimum absolute atomic E-state index is 0.0748. The highest BCUT2D eigenvalue weighted by Crippen LogP contribution is 2.26. The summed E-state index contributed by atoms with van der Waals surface area (Å²) < 4.78 is 57.3. The van der Waals surface area contributed by atoms with Crippen LogP contribution in [0.3, 0.4) is 0 Å². The van der Waals surface area contributed by atoms with Crippen LogP contribution < -0.4 is 15.4 Å². The molecule has 0 saturated carbocycles. The topological polar surface area (TPSA) is 93.5 Å². The lowest BCUT2D eigenvalue weighted by atomic mass is 10.0. The van der Waals surface area contributed by atoms with E-state index in [1.54, 1.807) is 34.3 Å². The highest BCUT2D eigenvalue weighted by atomic mass is 35.5. The average Bonchev–Trinajstić information content (AvgIpc) is 3.50. The summed E-state index contributed by atoms with van der Waals surface area (Å²) >= 11 is 10.4. The lowest BCUT2D eigenvalue weighted by molar-refractivity contribution is -0.110. The Kier molecular flexibility index (Phi) is 19.8. The molecule has 1 saturated heterocycles. The molecule has 58 heavy (non-hydrogen) atoms. The molecule has 15 heteroatoms. The number of rotatable bonds is 10. The third kappa shape index (κ3) is 15.5. The molecule has 2 N–H and O–H groups in total.